The Morgan fingerprint density at radius 1 is 1.14 bits per heavy atom. The maximum Gasteiger partial charge on any atom is 0.225 e. The van der Waals surface area contributed by atoms with Crippen LogP contribution in [0.3, 0.4) is 0 Å². The van der Waals surface area contributed by atoms with Gasteiger partial charge in [-0.05, 0) is 37.1 Å². The molecule has 0 atom stereocenters. The van der Waals surface area contributed by atoms with Gasteiger partial charge < -0.3 is 9.80 Å². The first-order valence-electron chi connectivity index (χ1n) is 9.85. The van der Waals surface area contributed by atoms with Gasteiger partial charge in [0.1, 0.15) is 5.82 Å². The number of amides is 1. The van der Waals surface area contributed by atoms with Crippen molar-refractivity contribution in [1.29, 1.82) is 0 Å². The molecule has 4 heterocycles. The van der Waals surface area contributed by atoms with Crippen molar-refractivity contribution in [1.82, 2.24) is 29.7 Å². The number of carbonyl (C=O) groups excluding carboxylic acids is 1. The second kappa shape index (κ2) is 6.85. The van der Waals surface area contributed by atoms with E-state index in [4.69, 9.17) is 5.10 Å². The van der Waals surface area contributed by atoms with Crippen LogP contribution < -0.4 is 4.90 Å². The zero-order valence-electron chi connectivity index (χ0n) is 15.9. The molecule has 1 saturated carbocycles. The third-order valence-electron chi connectivity index (χ3n) is 5.95. The Hall–Kier alpha value is -3.03. The third-order valence-corrected chi connectivity index (χ3v) is 5.95. The summed E-state index contributed by atoms with van der Waals surface area (Å²) in [5, 5.41) is 13.2. The highest BCUT2D eigenvalue weighted by molar-refractivity contribution is 5.79. The van der Waals surface area contributed by atoms with E-state index in [9.17, 15) is 4.79 Å². The number of pyridine rings is 1. The Labute approximate surface area is 163 Å². The first-order valence-corrected chi connectivity index (χ1v) is 9.85. The van der Waals surface area contributed by atoms with E-state index in [1.54, 1.807) is 16.9 Å². The highest BCUT2D eigenvalue weighted by Gasteiger charge is 2.36. The topological polar surface area (TPSA) is 79.5 Å². The fourth-order valence-corrected chi connectivity index (χ4v) is 4.15. The van der Waals surface area contributed by atoms with Crippen molar-refractivity contribution < 1.29 is 4.79 Å². The van der Waals surface area contributed by atoms with E-state index in [0.29, 0.717) is 17.4 Å². The Morgan fingerprint density at radius 3 is 2.71 bits per heavy atom. The SMILES string of the molecule is CN(C(=O)C1CCCC1)C1CN(c2ccc3nnc(-c4cccnc4)n3n2)C1. The molecule has 0 aromatic carbocycles. The zero-order valence-corrected chi connectivity index (χ0v) is 15.9. The molecular formula is C20H23N7O. The normalized spacial score (nSPS) is 17.8. The van der Waals surface area contributed by atoms with Crippen LogP contribution in [-0.2, 0) is 4.79 Å². The van der Waals surface area contributed by atoms with Gasteiger partial charge in [0.15, 0.2) is 11.5 Å². The Morgan fingerprint density at radius 2 is 1.96 bits per heavy atom. The molecule has 1 saturated heterocycles. The first kappa shape index (κ1) is 17.1. The van der Waals surface area contributed by atoms with E-state index < -0.39 is 0 Å². The molecule has 3 aromatic rings. The molecule has 0 radical (unpaired) electrons. The van der Waals surface area contributed by atoms with Crippen LogP contribution in [-0.4, -0.2) is 61.8 Å². The monoisotopic (exact) mass is 377 g/mol. The highest BCUT2D eigenvalue weighted by atomic mass is 16.2. The van der Waals surface area contributed by atoms with E-state index in [-0.39, 0.29) is 12.0 Å². The minimum Gasteiger partial charge on any atom is -0.351 e. The van der Waals surface area contributed by atoms with E-state index in [0.717, 1.165) is 37.3 Å². The molecule has 1 amide bonds. The van der Waals surface area contributed by atoms with Crippen molar-refractivity contribution in [2.45, 2.75) is 31.7 Å². The van der Waals surface area contributed by atoms with E-state index >= 15 is 0 Å². The second-order valence-corrected chi connectivity index (χ2v) is 7.72. The van der Waals surface area contributed by atoms with Crippen molar-refractivity contribution >= 4 is 17.4 Å². The quantitative estimate of drug-likeness (QED) is 0.692. The molecular weight excluding hydrogens is 354 g/mol. The summed E-state index contributed by atoms with van der Waals surface area (Å²) in [5.74, 6) is 2.08. The fourth-order valence-electron chi connectivity index (χ4n) is 4.15. The van der Waals surface area contributed by atoms with Gasteiger partial charge in [-0.2, -0.15) is 4.52 Å². The molecule has 3 aromatic heterocycles. The fraction of sp³-hybridized carbons (Fsp3) is 0.450. The van der Waals surface area contributed by atoms with Crippen LogP contribution in [0.1, 0.15) is 25.7 Å². The van der Waals surface area contributed by atoms with Gasteiger partial charge in [-0.25, -0.2) is 0 Å². The largest absolute Gasteiger partial charge is 0.351 e. The molecule has 0 unspecified atom stereocenters. The van der Waals surface area contributed by atoms with Crippen molar-refractivity contribution in [3.05, 3.63) is 36.7 Å². The van der Waals surface area contributed by atoms with Gasteiger partial charge in [0, 0.05) is 44.0 Å². The predicted octanol–water partition coefficient (Wildman–Crippen LogP) is 2.02. The van der Waals surface area contributed by atoms with E-state index in [1.165, 1.54) is 12.8 Å². The summed E-state index contributed by atoms with van der Waals surface area (Å²) in [6.45, 7) is 1.61. The molecule has 0 spiro atoms. The number of hydrogen-bond acceptors (Lipinski definition) is 6. The molecule has 1 aliphatic carbocycles. The van der Waals surface area contributed by atoms with Gasteiger partial charge in [0.05, 0.1) is 6.04 Å². The lowest BCUT2D eigenvalue weighted by molar-refractivity contribution is -0.136. The molecule has 28 heavy (non-hydrogen) atoms. The predicted molar refractivity (Wildman–Crippen MR) is 105 cm³/mol. The van der Waals surface area contributed by atoms with Gasteiger partial charge >= 0.3 is 0 Å². The second-order valence-electron chi connectivity index (χ2n) is 7.72. The van der Waals surface area contributed by atoms with Crippen molar-refractivity contribution in [2.24, 2.45) is 5.92 Å². The molecule has 0 bridgehead atoms. The lowest BCUT2D eigenvalue weighted by Gasteiger charge is -2.45. The number of anilines is 1. The standard InChI is InChI=1S/C20H23N7O/c1-25(20(28)14-5-2-3-6-14)16-12-26(13-16)18-9-8-17-22-23-19(27(17)24-18)15-7-4-10-21-11-15/h4,7-11,14,16H,2-3,5-6,12-13H2,1H3. The lowest BCUT2D eigenvalue weighted by atomic mass is 10.0. The lowest BCUT2D eigenvalue weighted by Crippen LogP contribution is -2.60. The summed E-state index contributed by atoms with van der Waals surface area (Å²) in [4.78, 5) is 20.9. The smallest absolute Gasteiger partial charge is 0.225 e. The van der Waals surface area contributed by atoms with Crippen molar-refractivity contribution in [3.8, 4) is 11.4 Å². The van der Waals surface area contributed by atoms with Crippen LogP contribution in [0.15, 0.2) is 36.7 Å². The average molecular weight is 377 g/mol. The van der Waals surface area contributed by atoms with Crippen molar-refractivity contribution in [2.75, 3.05) is 25.0 Å². The van der Waals surface area contributed by atoms with Crippen LogP contribution in [0, 0.1) is 5.92 Å². The maximum atomic E-state index is 12.6. The van der Waals surface area contributed by atoms with Gasteiger partial charge in [-0.3, -0.25) is 9.78 Å². The first-order chi connectivity index (χ1) is 13.7. The number of fused-ring (bicyclic) bond motifs is 1. The molecule has 8 heteroatoms. The van der Waals surface area contributed by atoms with Crippen LogP contribution >= 0.6 is 0 Å². The number of carbonyl (C=O) groups is 1. The Kier molecular flexibility index (Phi) is 4.18. The molecule has 2 fully saturated rings. The number of aromatic nitrogens is 5. The van der Waals surface area contributed by atoms with Crippen LogP contribution in [0.4, 0.5) is 5.82 Å². The molecule has 0 N–H and O–H groups in total. The van der Waals surface area contributed by atoms with Crippen LogP contribution in [0.2, 0.25) is 0 Å². The molecule has 144 valence electrons. The minimum atomic E-state index is 0.229. The summed E-state index contributed by atoms with van der Waals surface area (Å²) in [6.07, 6.45) is 7.95. The van der Waals surface area contributed by atoms with Gasteiger partial charge in [0.2, 0.25) is 5.91 Å². The summed E-state index contributed by atoms with van der Waals surface area (Å²) in [7, 11) is 1.94. The Balaban J connectivity index is 1.32. The zero-order chi connectivity index (χ0) is 19.1. The number of rotatable bonds is 4. The minimum absolute atomic E-state index is 0.229. The maximum absolute atomic E-state index is 12.6. The number of nitrogens with zero attached hydrogens (tertiary/aromatic N) is 7. The molecule has 8 nitrogen and oxygen atoms in total. The number of likely N-dealkylation sites (N-methyl/N-ethyl adjacent to an activating group) is 1. The highest BCUT2D eigenvalue weighted by Crippen LogP contribution is 2.29. The molecule has 2 aliphatic rings. The van der Waals surface area contributed by atoms with Gasteiger partial charge in [0.25, 0.3) is 0 Å². The third kappa shape index (κ3) is 2.89. The summed E-state index contributed by atoms with van der Waals surface area (Å²) >= 11 is 0. The average Bonchev–Trinajstić information content (AvgIpc) is 3.36. The van der Waals surface area contributed by atoms with Crippen LogP contribution in [0.5, 0.6) is 0 Å². The van der Waals surface area contributed by atoms with Gasteiger partial charge in [-0.15, -0.1) is 15.3 Å². The summed E-state index contributed by atoms with van der Waals surface area (Å²) in [5.41, 5.74) is 1.58. The van der Waals surface area contributed by atoms with Gasteiger partial charge in [-0.1, -0.05) is 12.8 Å². The summed E-state index contributed by atoms with van der Waals surface area (Å²) < 4.78 is 1.76. The van der Waals surface area contributed by atoms with E-state index in [2.05, 4.69) is 20.1 Å². The molecule has 5 rings (SSSR count). The van der Waals surface area contributed by atoms with E-state index in [1.807, 2.05) is 36.2 Å². The molecule has 1 aliphatic heterocycles. The van der Waals surface area contributed by atoms with Crippen molar-refractivity contribution in [3.63, 3.8) is 0 Å². The summed E-state index contributed by atoms with van der Waals surface area (Å²) in [6, 6.07) is 7.96. The number of hydrogen-bond donors (Lipinski definition) is 0. The Bertz CT molecular complexity index is 990. The van der Waals surface area contributed by atoms with Crippen LogP contribution in [0.25, 0.3) is 17.0 Å².